The topological polar surface area (TPSA) is 41.1 Å². The van der Waals surface area contributed by atoms with E-state index in [0.717, 1.165) is 32.2 Å². The maximum absolute atomic E-state index is 13.8. The van der Waals surface area contributed by atoms with Crippen molar-refractivity contribution >= 4 is 30.8 Å². The summed E-state index contributed by atoms with van der Waals surface area (Å²) in [5, 5.41) is 3.24. The molecule has 0 spiro atoms. The number of nitrogens with zero attached hydrogens (tertiary/aromatic N) is 3. The monoisotopic (exact) mass is 348 g/mol. The SMILES string of the molecule is Cl.Cl.Fc1cccc(-c2ccnc(N3CCNCC3)n2)c1F. The van der Waals surface area contributed by atoms with Gasteiger partial charge in [-0.3, -0.25) is 0 Å². The van der Waals surface area contributed by atoms with Crippen LogP contribution in [0.15, 0.2) is 30.5 Å². The Morgan fingerprint density at radius 3 is 2.50 bits per heavy atom. The molecule has 0 amide bonds. The average molecular weight is 349 g/mol. The van der Waals surface area contributed by atoms with Crippen LogP contribution in [0.1, 0.15) is 0 Å². The molecule has 22 heavy (non-hydrogen) atoms. The van der Waals surface area contributed by atoms with E-state index in [1.54, 1.807) is 12.3 Å². The maximum atomic E-state index is 13.8. The average Bonchev–Trinajstić information content (AvgIpc) is 2.51. The van der Waals surface area contributed by atoms with Crippen molar-refractivity contribution in [3.05, 3.63) is 42.1 Å². The van der Waals surface area contributed by atoms with Crippen molar-refractivity contribution in [2.75, 3.05) is 31.1 Å². The molecule has 1 fully saturated rings. The lowest BCUT2D eigenvalue weighted by atomic mass is 10.1. The highest BCUT2D eigenvalue weighted by atomic mass is 35.5. The van der Waals surface area contributed by atoms with E-state index in [2.05, 4.69) is 15.3 Å². The third-order valence-electron chi connectivity index (χ3n) is 3.27. The van der Waals surface area contributed by atoms with Crippen LogP contribution in [-0.4, -0.2) is 36.1 Å². The lowest BCUT2D eigenvalue weighted by Gasteiger charge is -2.27. The molecule has 0 bridgehead atoms. The van der Waals surface area contributed by atoms with Crippen molar-refractivity contribution in [3.8, 4) is 11.3 Å². The molecule has 1 aliphatic heterocycles. The molecule has 1 aliphatic rings. The van der Waals surface area contributed by atoms with Crippen molar-refractivity contribution < 1.29 is 8.78 Å². The molecule has 1 aromatic carbocycles. The van der Waals surface area contributed by atoms with Crippen molar-refractivity contribution in [2.45, 2.75) is 0 Å². The predicted molar refractivity (Wildman–Crippen MR) is 87.0 cm³/mol. The summed E-state index contributed by atoms with van der Waals surface area (Å²) in [5.74, 6) is -1.20. The standard InChI is InChI=1S/C14H14F2N4.2ClH/c15-11-3-1-2-10(13(11)16)12-4-5-18-14(19-12)20-8-6-17-7-9-20;;/h1-5,17H,6-9H2;2*1H. The summed E-state index contributed by atoms with van der Waals surface area (Å²) in [5.41, 5.74) is 0.550. The molecule has 120 valence electrons. The first kappa shape index (κ1) is 18.5. The number of rotatable bonds is 2. The van der Waals surface area contributed by atoms with Gasteiger partial charge in [-0.2, -0.15) is 0 Å². The number of hydrogen-bond donors (Lipinski definition) is 1. The van der Waals surface area contributed by atoms with Crippen LogP contribution in [-0.2, 0) is 0 Å². The maximum Gasteiger partial charge on any atom is 0.225 e. The lowest BCUT2D eigenvalue weighted by molar-refractivity contribution is 0.511. The van der Waals surface area contributed by atoms with Gasteiger partial charge >= 0.3 is 0 Å². The molecule has 8 heteroatoms. The van der Waals surface area contributed by atoms with Crippen LogP contribution < -0.4 is 10.2 Å². The number of anilines is 1. The lowest BCUT2D eigenvalue weighted by Crippen LogP contribution is -2.44. The van der Waals surface area contributed by atoms with E-state index >= 15 is 0 Å². The summed E-state index contributed by atoms with van der Waals surface area (Å²) in [6, 6.07) is 5.67. The summed E-state index contributed by atoms with van der Waals surface area (Å²) in [6.45, 7) is 3.33. The number of halogens is 4. The highest BCUT2D eigenvalue weighted by Crippen LogP contribution is 2.23. The van der Waals surface area contributed by atoms with Gasteiger partial charge in [-0.25, -0.2) is 18.7 Å². The third-order valence-corrected chi connectivity index (χ3v) is 3.27. The molecule has 2 heterocycles. The van der Waals surface area contributed by atoms with Crippen LogP contribution in [0, 0.1) is 11.6 Å². The second kappa shape index (κ2) is 8.22. The Morgan fingerprint density at radius 1 is 1.05 bits per heavy atom. The zero-order valence-electron chi connectivity index (χ0n) is 11.6. The fourth-order valence-corrected chi connectivity index (χ4v) is 2.22. The van der Waals surface area contributed by atoms with Gasteiger partial charge in [0, 0.05) is 37.9 Å². The number of aromatic nitrogens is 2. The first-order valence-electron chi connectivity index (χ1n) is 6.49. The van der Waals surface area contributed by atoms with Gasteiger partial charge in [-0.15, -0.1) is 24.8 Å². The molecule has 2 aromatic rings. The Kier molecular flexibility index (Phi) is 6.93. The summed E-state index contributed by atoms with van der Waals surface area (Å²) in [7, 11) is 0. The quantitative estimate of drug-likeness (QED) is 0.905. The van der Waals surface area contributed by atoms with Crippen LogP contribution >= 0.6 is 24.8 Å². The minimum atomic E-state index is -0.877. The van der Waals surface area contributed by atoms with Crippen LogP contribution in [0.2, 0.25) is 0 Å². The second-order valence-electron chi connectivity index (χ2n) is 4.58. The Morgan fingerprint density at radius 2 is 1.77 bits per heavy atom. The molecule has 1 aromatic heterocycles. The van der Waals surface area contributed by atoms with Gasteiger partial charge in [-0.1, -0.05) is 6.07 Å². The predicted octanol–water partition coefficient (Wildman–Crippen LogP) is 2.68. The Balaban J connectivity index is 0.00000121. The summed E-state index contributed by atoms with van der Waals surface area (Å²) < 4.78 is 27.1. The largest absolute Gasteiger partial charge is 0.338 e. The van der Waals surface area contributed by atoms with Crippen LogP contribution in [0.3, 0.4) is 0 Å². The van der Waals surface area contributed by atoms with E-state index in [1.807, 2.05) is 4.90 Å². The fraction of sp³-hybridized carbons (Fsp3) is 0.286. The minimum Gasteiger partial charge on any atom is -0.338 e. The van der Waals surface area contributed by atoms with E-state index in [0.29, 0.717) is 11.6 Å². The zero-order chi connectivity index (χ0) is 13.9. The van der Waals surface area contributed by atoms with Gasteiger partial charge in [0.05, 0.1) is 5.69 Å². The zero-order valence-corrected chi connectivity index (χ0v) is 13.3. The number of benzene rings is 1. The number of nitrogens with one attached hydrogen (secondary N) is 1. The highest BCUT2D eigenvalue weighted by Gasteiger charge is 2.16. The van der Waals surface area contributed by atoms with E-state index in [1.165, 1.54) is 12.1 Å². The molecule has 0 saturated carbocycles. The van der Waals surface area contributed by atoms with Gasteiger partial charge in [0.15, 0.2) is 11.6 Å². The summed E-state index contributed by atoms with van der Waals surface area (Å²) in [6.07, 6.45) is 1.57. The van der Waals surface area contributed by atoms with Crippen LogP contribution in [0.5, 0.6) is 0 Å². The Bertz CT molecular complexity index is 622. The molecular weight excluding hydrogens is 333 g/mol. The van der Waals surface area contributed by atoms with Crippen molar-refractivity contribution in [3.63, 3.8) is 0 Å². The minimum absolute atomic E-state index is 0. The third kappa shape index (κ3) is 3.82. The smallest absolute Gasteiger partial charge is 0.225 e. The van der Waals surface area contributed by atoms with Crippen LogP contribution in [0.25, 0.3) is 11.3 Å². The Labute approximate surface area is 139 Å². The van der Waals surface area contributed by atoms with E-state index in [9.17, 15) is 8.78 Å². The normalized spacial score (nSPS) is 14.0. The summed E-state index contributed by atoms with van der Waals surface area (Å²) in [4.78, 5) is 10.6. The molecule has 0 radical (unpaired) electrons. The van der Waals surface area contributed by atoms with Crippen molar-refractivity contribution in [1.29, 1.82) is 0 Å². The van der Waals surface area contributed by atoms with E-state index in [-0.39, 0.29) is 30.4 Å². The molecule has 1 N–H and O–H groups in total. The highest BCUT2D eigenvalue weighted by molar-refractivity contribution is 5.85. The van der Waals surface area contributed by atoms with Gasteiger partial charge in [0.25, 0.3) is 0 Å². The van der Waals surface area contributed by atoms with E-state index < -0.39 is 11.6 Å². The van der Waals surface area contributed by atoms with Crippen LogP contribution in [0.4, 0.5) is 14.7 Å². The van der Waals surface area contributed by atoms with Gasteiger partial charge in [0.2, 0.25) is 5.95 Å². The second-order valence-corrected chi connectivity index (χ2v) is 4.58. The van der Waals surface area contributed by atoms with Gasteiger partial charge in [0.1, 0.15) is 0 Å². The molecule has 0 unspecified atom stereocenters. The Hall–Kier alpha value is -1.50. The number of hydrogen-bond acceptors (Lipinski definition) is 4. The summed E-state index contributed by atoms with van der Waals surface area (Å²) >= 11 is 0. The van der Waals surface area contributed by atoms with Gasteiger partial charge < -0.3 is 10.2 Å². The van der Waals surface area contributed by atoms with E-state index in [4.69, 9.17) is 0 Å². The van der Waals surface area contributed by atoms with Gasteiger partial charge in [-0.05, 0) is 18.2 Å². The molecule has 0 aliphatic carbocycles. The molecule has 4 nitrogen and oxygen atoms in total. The number of piperazine rings is 1. The molecule has 3 rings (SSSR count). The molecule has 1 saturated heterocycles. The fourth-order valence-electron chi connectivity index (χ4n) is 2.22. The molecule has 0 atom stereocenters. The first-order valence-corrected chi connectivity index (χ1v) is 6.49. The molecular formula is C14H16Cl2F2N4. The van der Waals surface area contributed by atoms with Crippen molar-refractivity contribution in [1.82, 2.24) is 15.3 Å². The first-order chi connectivity index (χ1) is 9.75. The van der Waals surface area contributed by atoms with Crippen molar-refractivity contribution in [2.24, 2.45) is 0 Å².